The summed E-state index contributed by atoms with van der Waals surface area (Å²) in [6, 6.07) is 29.1. The van der Waals surface area contributed by atoms with E-state index in [0.29, 0.717) is 0 Å². The minimum Gasteiger partial charge on any atom is -1.00 e. The molecule has 3 aromatic rings. The molecule has 1 nitrogen and oxygen atoms in total. The number of ketones is 1. The largest absolute Gasteiger partial charge is 1.00 e. The van der Waals surface area contributed by atoms with Gasteiger partial charge in [-0.3, -0.25) is 4.79 Å². The highest BCUT2D eigenvalue weighted by Crippen LogP contribution is 2.52. The molecule has 0 saturated carbocycles. The van der Waals surface area contributed by atoms with Crippen LogP contribution in [0.15, 0.2) is 84.9 Å². The average molecular weight is 355 g/mol. The number of Topliss-reactive ketones (excluding diaryl/α,β-unsaturated/α-hetero) is 1. The van der Waals surface area contributed by atoms with Crippen molar-refractivity contribution in [2.75, 3.05) is 6.66 Å². The Morgan fingerprint density at radius 3 is 1.58 bits per heavy atom. The van der Waals surface area contributed by atoms with Gasteiger partial charge in [-0.1, -0.05) is 48.5 Å². The monoisotopic (exact) mass is 354 g/mol. The summed E-state index contributed by atoms with van der Waals surface area (Å²) in [4.78, 5) is 12.2. The number of hydrogen-bond donors (Lipinski definition) is 0. The van der Waals surface area contributed by atoms with E-state index in [0.717, 1.165) is 10.9 Å². The molecule has 0 heterocycles. The zero-order valence-electron chi connectivity index (χ0n) is 13.8. The van der Waals surface area contributed by atoms with Crippen molar-refractivity contribution in [3.8, 4) is 0 Å². The number of halogens is 1. The Kier molecular flexibility index (Phi) is 5.94. The molecular formula is C21H20ClOP. The smallest absolute Gasteiger partial charge is 0.163 e. The summed E-state index contributed by atoms with van der Waals surface area (Å²) in [6.07, 6.45) is 0. The second kappa shape index (κ2) is 7.75. The third-order valence-electron chi connectivity index (χ3n) is 4.31. The van der Waals surface area contributed by atoms with Crippen LogP contribution in [0.3, 0.4) is 0 Å². The average Bonchev–Trinajstić information content (AvgIpc) is 2.62. The highest BCUT2D eigenvalue weighted by Gasteiger charge is 2.42. The minimum atomic E-state index is -1.84. The van der Waals surface area contributed by atoms with Crippen LogP contribution < -0.4 is 28.3 Å². The Morgan fingerprint density at radius 1 is 0.708 bits per heavy atom. The van der Waals surface area contributed by atoms with Gasteiger partial charge in [0.05, 0.1) is 12.2 Å². The van der Waals surface area contributed by atoms with Crippen LogP contribution in [0.2, 0.25) is 0 Å². The third-order valence-corrected chi connectivity index (χ3v) is 8.33. The van der Waals surface area contributed by atoms with Crippen LogP contribution in [0.4, 0.5) is 0 Å². The molecule has 0 radical (unpaired) electrons. The summed E-state index contributed by atoms with van der Waals surface area (Å²) < 4.78 is 0. The number of rotatable bonds is 4. The van der Waals surface area contributed by atoms with E-state index in [2.05, 4.69) is 61.3 Å². The summed E-state index contributed by atoms with van der Waals surface area (Å²) in [5.74, 6) is 0.124. The lowest BCUT2D eigenvalue weighted by Gasteiger charge is -2.24. The normalized spacial score (nSPS) is 10.8. The van der Waals surface area contributed by atoms with Gasteiger partial charge in [0.15, 0.2) is 5.78 Å². The maximum atomic E-state index is 12.2. The van der Waals surface area contributed by atoms with Gasteiger partial charge in [0.25, 0.3) is 0 Å². The first kappa shape index (κ1) is 18.4. The predicted octanol–water partition coefficient (Wildman–Crippen LogP) is 0.817. The maximum Gasteiger partial charge on any atom is 0.163 e. The molecule has 0 aliphatic carbocycles. The van der Waals surface area contributed by atoms with Crippen LogP contribution >= 0.6 is 7.26 Å². The Labute approximate surface area is 150 Å². The van der Waals surface area contributed by atoms with Crippen molar-refractivity contribution in [2.24, 2.45) is 0 Å². The Morgan fingerprint density at radius 2 is 1.12 bits per heavy atom. The molecule has 122 valence electrons. The van der Waals surface area contributed by atoms with Crippen molar-refractivity contribution in [2.45, 2.75) is 6.92 Å². The highest BCUT2D eigenvalue weighted by atomic mass is 35.5. The SMILES string of the molecule is CC(=O)c1ccccc1[P+](C)(c1ccccc1)c1ccccc1.[Cl-]. The fraction of sp³-hybridized carbons (Fsp3) is 0.0952. The molecule has 0 aliphatic rings. The van der Waals surface area contributed by atoms with Crippen LogP contribution in [0.1, 0.15) is 17.3 Å². The van der Waals surface area contributed by atoms with Gasteiger partial charge in [-0.25, -0.2) is 0 Å². The molecule has 0 N–H and O–H groups in total. The first-order chi connectivity index (χ1) is 11.1. The van der Waals surface area contributed by atoms with Gasteiger partial charge in [0, 0.05) is 0 Å². The first-order valence-electron chi connectivity index (χ1n) is 7.72. The van der Waals surface area contributed by atoms with E-state index in [1.807, 2.05) is 30.3 Å². The van der Waals surface area contributed by atoms with Crippen LogP contribution in [0.25, 0.3) is 0 Å². The van der Waals surface area contributed by atoms with Gasteiger partial charge in [-0.05, 0) is 43.3 Å². The van der Waals surface area contributed by atoms with Crippen LogP contribution in [-0.4, -0.2) is 12.4 Å². The molecule has 3 rings (SSSR count). The van der Waals surface area contributed by atoms with Crippen molar-refractivity contribution in [1.82, 2.24) is 0 Å². The maximum absolute atomic E-state index is 12.2. The van der Waals surface area contributed by atoms with E-state index in [-0.39, 0.29) is 18.2 Å². The van der Waals surface area contributed by atoms with Crippen LogP contribution in [0.5, 0.6) is 0 Å². The van der Waals surface area contributed by atoms with Crippen LogP contribution in [0, 0.1) is 0 Å². The Balaban J connectivity index is 0.00000208. The lowest BCUT2D eigenvalue weighted by molar-refractivity contribution is -0.0000126. The predicted molar refractivity (Wildman–Crippen MR) is 101 cm³/mol. The van der Waals surface area contributed by atoms with Crippen LogP contribution in [-0.2, 0) is 0 Å². The van der Waals surface area contributed by atoms with E-state index < -0.39 is 7.26 Å². The Hall–Kier alpha value is -1.95. The molecule has 0 unspecified atom stereocenters. The van der Waals surface area contributed by atoms with E-state index in [1.165, 1.54) is 10.6 Å². The van der Waals surface area contributed by atoms with Crippen molar-refractivity contribution in [3.05, 3.63) is 90.5 Å². The van der Waals surface area contributed by atoms with Gasteiger partial charge in [0.1, 0.15) is 23.2 Å². The molecule has 3 aromatic carbocycles. The van der Waals surface area contributed by atoms with Gasteiger partial charge in [0.2, 0.25) is 0 Å². The van der Waals surface area contributed by atoms with Crippen molar-refractivity contribution in [3.63, 3.8) is 0 Å². The summed E-state index contributed by atoms with van der Waals surface area (Å²) in [7, 11) is -1.84. The van der Waals surface area contributed by atoms with Gasteiger partial charge in [-0.15, -0.1) is 0 Å². The molecule has 0 saturated heterocycles. The lowest BCUT2D eigenvalue weighted by Crippen LogP contribution is -3.00. The zero-order chi connectivity index (χ0) is 16.3. The van der Waals surface area contributed by atoms with Crippen molar-refractivity contribution < 1.29 is 17.2 Å². The molecule has 0 aromatic heterocycles. The molecule has 0 aliphatic heterocycles. The van der Waals surface area contributed by atoms with E-state index >= 15 is 0 Å². The minimum absolute atomic E-state index is 0. The molecule has 0 atom stereocenters. The molecule has 0 amide bonds. The summed E-state index contributed by atoms with van der Waals surface area (Å²) >= 11 is 0. The topological polar surface area (TPSA) is 17.1 Å². The second-order valence-corrected chi connectivity index (χ2v) is 9.28. The first-order valence-corrected chi connectivity index (χ1v) is 9.96. The van der Waals surface area contributed by atoms with Gasteiger partial charge in [-0.2, -0.15) is 0 Å². The van der Waals surface area contributed by atoms with Crippen molar-refractivity contribution >= 4 is 29.0 Å². The highest BCUT2D eigenvalue weighted by molar-refractivity contribution is 7.95. The van der Waals surface area contributed by atoms with E-state index in [9.17, 15) is 4.79 Å². The molecule has 0 bridgehead atoms. The Bertz CT molecular complexity index is 776. The van der Waals surface area contributed by atoms with Crippen molar-refractivity contribution in [1.29, 1.82) is 0 Å². The number of hydrogen-bond acceptors (Lipinski definition) is 1. The molecule has 0 spiro atoms. The number of benzene rings is 3. The molecule has 24 heavy (non-hydrogen) atoms. The second-order valence-electron chi connectivity index (χ2n) is 5.75. The third kappa shape index (κ3) is 3.29. The van der Waals surface area contributed by atoms with E-state index in [4.69, 9.17) is 0 Å². The molecule has 3 heteroatoms. The summed E-state index contributed by atoms with van der Waals surface area (Å²) in [5, 5.41) is 3.74. The lowest BCUT2D eigenvalue weighted by atomic mass is 10.1. The number of carbonyl (C=O) groups excluding carboxylic acids is 1. The summed E-state index contributed by atoms with van der Waals surface area (Å²) in [5.41, 5.74) is 0.830. The molecular weight excluding hydrogens is 335 g/mol. The van der Waals surface area contributed by atoms with Gasteiger partial charge >= 0.3 is 0 Å². The summed E-state index contributed by atoms with van der Waals surface area (Å²) in [6.45, 7) is 3.96. The standard InChI is InChI=1S/C21H20OP.ClH/c1-17(22)20-15-9-10-16-21(20)23(2,18-11-5-3-6-12-18)19-13-7-4-8-14-19;/h3-16H,1-2H3;1H/q+1;/p-1. The quantitative estimate of drug-likeness (QED) is 0.501. The van der Waals surface area contributed by atoms with E-state index in [1.54, 1.807) is 6.92 Å². The zero-order valence-corrected chi connectivity index (χ0v) is 15.5. The van der Waals surface area contributed by atoms with Gasteiger partial charge < -0.3 is 12.4 Å². The fourth-order valence-electron chi connectivity index (χ4n) is 3.04. The molecule has 0 fully saturated rings. The number of carbonyl (C=O) groups is 1. The fourth-order valence-corrected chi connectivity index (χ4v) is 6.53.